The first-order chi connectivity index (χ1) is 8.77. The van der Waals surface area contributed by atoms with E-state index in [0.29, 0.717) is 18.2 Å². The van der Waals surface area contributed by atoms with Gasteiger partial charge in [-0.1, -0.05) is 30.3 Å². The number of rotatable bonds is 2. The molecule has 0 aliphatic carbocycles. The highest BCUT2D eigenvalue weighted by molar-refractivity contribution is 5.21. The summed E-state index contributed by atoms with van der Waals surface area (Å²) in [5.41, 5.74) is 1.44. The average Bonchev–Trinajstić information content (AvgIpc) is 2.99. The maximum Gasteiger partial charge on any atom is 0.0781 e. The van der Waals surface area contributed by atoms with Crippen LogP contribution in [0.1, 0.15) is 24.4 Å². The first-order valence-electron chi connectivity index (χ1n) is 6.98. The van der Waals surface area contributed by atoms with Gasteiger partial charge in [-0.15, -0.1) is 0 Å². The zero-order valence-electron chi connectivity index (χ0n) is 11.3. The third-order valence-corrected chi connectivity index (χ3v) is 4.46. The molecular weight excluding hydrogens is 222 g/mol. The summed E-state index contributed by atoms with van der Waals surface area (Å²) in [7, 11) is 4.52. The Labute approximate surface area is 110 Å². The van der Waals surface area contributed by atoms with Crippen molar-refractivity contribution in [1.82, 2.24) is 15.1 Å². The van der Waals surface area contributed by atoms with E-state index in [9.17, 15) is 0 Å². The third-order valence-electron chi connectivity index (χ3n) is 4.46. The lowest BCUT2D eigenvalue weighted by Gasteiger charge is -2.32. The van der Waals surface area contributed by atoms with Gasteiger partial charge in [-0.3, -0.25) is 9.80 Å². The van der Waals surface area contributed by atoms with Gasteiger partial charge in [0.2, 0.25) is 0 Å². The van der Waals surface area contributed by atoms with E-state index in [1.807, 2.05) is 0 Å². The number of nitrogens with one attached hydrogen (secondary N) is 1. The second-order valence-corrected chi connectivity index (χ2v) is 5.65. The molecule has 0 saturated carbocycles. The standard InChI is InChI=1S/C15H23N3/c1-17-11-14(12-7-4-3-5-8-12)18(2)15(17)13-9-6-10-16-13/h3-5,7-8,13-16H,6,9-11H2,1-2H3. The predicted molar refractivity (Wildman–Crippen MR) is 74.4 cm³/mol. The number of hydrogen-bond acceptors (Lipinski definition) is 3. The maximum atomic E-state index is 3.65. The SMILES string of the molecule is CN1CC(c2ccccc2)N(C)C1C1CCCN1. The summed E-state index contributed by atoms with van der Waals surface area (Å²) >= 11 is 0. The summed E-state index contributed by atoms with van der Waals surface area (Å²) in [6, 6.07) is 12.0. The van der Waals surface area contributed by atoms with Crippen LogP contribution in [0.15, 0.2) is 30.3 Å². The Morgan fingerprint density at radius 3 is 2.61 bits per heavy atom. The van der Waals surface area contributed by atoms with Crippen molar-refractivity contribution in [2.75, 3.05) is 27.2 Å². The lowest BCUT2D eigenvalue weighted by atomic mass is 10.1. The van der Waals surface area contributed by atoms with Crippen LogP contribution >= 0.6 is 0 Å². The molecule has 2 aliphatic heterocycles. The summed E-state index contributed by atoms with van der Waals surface area (Å²) < 4.78 is 0. The van der Waals surface area contributed by atoms with Crippen molar-refractivity contribution in [2.24, 2.45) is 0 Å². The van der Waals surface area contributed by atoms with Crippen LogP contribution in [-0.4, -0.2) is 49.2 Å². The molecule has 18 heavy (non-hydrogen) atoms. The predicted octanol–water partition coefficient (Wildman–Crippen LogP) is 1.68. The topological polar surface area (TPSA) is 18.5 Å². The lowest BCUT2D eigenvalue weighted by molar-refractivity contribution is 0.131. The highest BCUT2D eigenvalue weighted by atomic mass is 15.4. The molecule has 1 N–H and O–H groups in total. The van der Waals surface area contributed by atoms with Gasteiger partial charge in [0, 0.05) is 18.6 Å². The number of benzene rings is 1. The molecule has 2 saturated heterocycles. The highest BCUT2D eigenvalue weighted by Crippen LogP contribution is 2.32. The van der Waals surface area contributed by atoms with E-state index in [2.05, 4.69) is 59.5 Å². The fourth-order valence-corrected chi connectivity index (χ4v) is 3.58. The minimum absolute atomic E-state index is 0.531. The molecule has 0 bridgehead atoms. The van der Waals surface area contributed by atoms with Gasteiger partial charge in [0.15, 0.2) is 0 Å². The molecule has 2 aliphatic rings. The normalized spacial score (nSPS) is 34.2. The van der Waals surface area contributed by atoms with E-state index >= 15 is 0 Å². The molecule has 3 heteroatoms. The Kier molecular flexibility index (Phi) is 3.37. The van der Waals surface area contributed by atoms with Gasteiger partial charge in [-0.25, -0.2) is 0 Å². The quantitative estimate of drug-likeness (QED) is 0.855. The Balaban J connectivity index is 1.79. The molecule has 0 amide bonds. The van der Waals surface area contributed by atoms with E-state index in [-0.39, 0.29) is 0 Å². The van der Waals surface area contributed by atoms with Crippen LogP contribution in [0.25, 0.3) is 0 Å². The minimum atomic E-state index is 0.531. The Bertz CT molecular complexity index is 386. The molecular formula is C15H23N3. The molecule has 3 rings (SSSR count). The molecule has 2 heterocycles. The molecule has 3 unspecified atom stereocenters. The van der Waals surface area contributed by atoms with Crippen molar-refractivity contribution in [3.8, 4) is 0 Å². The van der Waals surface area contributed by atoms with Gasteiger partial charge < -0.3 is 5.32 Å². The molecule has 3 atom stereocenters. The van der Waals surface area contributed by atoms with E-state index in [0.717, 1.165) is 6.54 Å². The van der Waals surface area contributed by atoms with Crippen LogP contribution in [0, 0.1) is 0 Å². The molecule has 1 aromatic rings. The van der Waals surface area contributed by atoms with Crippen LogP contribution in [0.5, 0.6) is 0 Å². The summed E-state index contributed by atoms with van der Waals surface area (Å²) in [6.07, 6.45) is 3.16. The van der Waals surface area contributed by atoms with E-state index in [1.165, 1.54) is 24.9 Å². The Hall–Kier alpha value is -0.900. The van der Waals surface area contributed by atoms with Gasteiger partial charge in [0.1, 0.15) is 0 Å². The van der Waals surface area contributed by atoms with E-state index < -0.39 is 0 Å². The molecule has 1 aromatic carbocycles. The van der Waals surface area contributed by atoms with Crippen molar-refractivity contribution >= 4 is 0 Å². The van der Waals surface area contributed by atoms with Crippen LogP contribution in [-0.2, 0) is 0 Å². The molecule has 0 radical (unpaired) electrons. The minimum Gasteiger partial charge on any atom is -0.311 e. The zero-order chi connectivity index (χ0) is 12.5. The van der Waals surface area contributed by atoms with E-state index in [1.54, 1.807) is 0 Å². The van der Waals surface area contributed by atoms with Crippen molar-refractivity contribution < 1.29 is 0 Å². The first-order valence-corrected chi connectivity index (χ1v) is 6.98. The fourth-order valence-electron chi connectivity index (χ4n) is 3.58. The van der Waals surface area contributed by atoms with Gasteiger partial charge in [-0.05, 0) is 39.0 Å². The number of likely N-dealkylation sites (N-methyl/N-ethyl adjacent to an activating group) is 2. The van der Waals surface area contributed by atoms with Crippen molar-refractivity contribution in [3.05, 3.63) is 35.9 Å². The molecule has 0 aromatic heterocycles. The first kappa shape index (κ1) is 12.2. The van der Waals surface area contributed by atoms with Crippen LogP contribution in [0.3, 0.4) is 0 Å². The van der Waals surface area contributed by atoms with E-state index in [4.69, 9.17) is 0 Å². The largest absolute Gasteiger partial charge is 0.311 e. The maximum absolute atomic E-state index is 3.65. The van der Waals surface area contributed by atoms with Gasteiger partial charge in [0.05, 0.1) is 6.17 Å². The summed E-state index contributed by atoms with van der Waals surface area (Å²) in [6.45, 7) is 2.31. The monoisotopic (exact) mass is 245 g/mol. The third kappa shape index (κ3) is 2.07. The van der Waals surface area contributed by atoms with Crippen molar-refractivity contribution in [3.63, 3.8) is 0 Å². The summed E-state index contributed by atoms with van der Waals surface area (Å²) in [4.78, 5) is 5.04. The Morgan fingerprint density at radius 2 is 1.94 bits per heavy atom. The van der Waals surface area contributed by atoms with Gasteiger partial charge in [0.25, 0.3) is 0 Å². The molecule has 0 spiro atoms. The highest BCUT2D eigenvalue weighted by Gasteiger charge is 2.40. The number of hydrogen-bond donors (Lipinski definition) is 1. The van der Waals surface area contributed by atoms with Crippen LogP contribution in [0.2, 0.25) is 0 Å². The second kappa shape index (κ2) is 5.00. The van der Waals surface area contributed by atoms with Crippen LogP contribution < -0.4 is 5.32 Å². The second-order valence-electron chi connectivity index (χ2n) is 5.65. The fraction of sp³-hybridized carbons (Fsp3) is 0.600. The smallest absolute Gasteiger partial charge is 0.0781 e. The summed E-state index contributed by atoms with van der Waals surface area (Å²) in [5, 5.41) is 3.65. The van der Waals surface area contributed by atoms with Gasteiger partial charge >= 0.3 is 0 Å². The van der Waals surface area contributed by atoms with Crippen molar-refractivity contribution in [2.45, 2.75) is 31.1 Å². The molecule has 3 nitrogen and oxygen atoms in total. The Morgan fingerprint density at radius 1 is 1.17 bits per heavy atom. The van der Waals surface area contributed by atoms with Crippen LogP contribution in [0.4, 0.5) is 0 Å². The molecule has 2 fully saturated rings. The lowest BCUT2D eigenvalue weighted by Crippen LogP contribution is -2.48. The van der Waals surface area contributed by atoms with Gasteiger partial charge in [-0.2, -0.15) is 0 Å². The summed E-state index contributed by atoms with van der Waals surface area (Å²) in [5.74, 6) is 0. The average molecular weight is 245 g/mol. The zero-order valence-corrected chi connectivity index (χ0v) is 11.3. The number of nitrogens with zero attached hydrogens (tertiary/aromatic N) is 2. The molecule has 98 valence electrons. The van der Waals surface area contributed by atoms with Crippen molar-refractivity contribution in [1.29, 1.82) is 0 Å².